The third-order valence-corrected chi connectivity index (χ3v) is 0.418. The zero-order valence-corrected chi connectivity index (χ0v) is 2.79. The van der Waals surface area contributed by atoms with Crippen molar-refractivity contribution in [3.8, 4) is 0 Å². The van der Waals surface area contributed by atoms with Crippen LogP contribution in [0.5, 0.6) is 0 Å². The minimum atomic E-state index is -0.454. The van der Waals surface area contributed by atoms with Crippen molar-refractivity contribution >= 4 is 5.91 Å². The first-order chi connectivity index (χ1) is 2.79. The average Bonchev–Trinajstić information content (AvgIpc) is 1.33. The second kappa shape index (κ2) is 0.767. The van der Waals surface area contributed by atoms with E-state index in [1.165, 1.54) is 0 Å². The minimum absolute atomic E-state index is 0.225. The van der Waals surface area contributed by atoms with Crippen LogP contribution in [0.15, 0.2) is 0 Å². The number of carbonyl (C=O) groups excluding carboxylic acids is 1. The molecule has 1 heterocycles. The standard InChI is InChI=1S/C2HN2O2/c5-2-1-4(6)3-2/h1H/q+1. The summed E-state index contributed by atoms with van der Waals surface area (Å²) in [6.07, 6.45) is 0. The molecule has 1 amide bonds. The second-order valence-corrected chi connectivity index (χ2v) is 0.870. The first-order valence-electron chi connectivity index (χ1n) is 1.36. The Balaban J connectivity index is 2.47. The normalized spacial score (nSPS) is 19.3. The highest BCUT2D eigenvalue weighted by atomic mass is 16.3. The molecule has 4 nitrogen and oxygen atoms in total. The topological polar surface area (TPSA) is 51.2 Å². The van der Waals surface area contributed by atoms with Gasteiger partial charge in [-0.05, 0) is 0 Å². The molecular weight excluding hydrogens is 84.0 g/mol. The van der Waals surface area contributed by atoms with Crippen molar-refractivity contribution in [1.82, 2.24) is 5.43 Å². The Bertz CT molecular complexity index is 86.1. The molecule has 1 rings (SSSR count). The fourth-order valence-corrected chi connectivity index (χ4v) is 0.190. The highest BCUT2D eigenvalue weighted by Gasteiger charge is 2.38. The van der Waals surface area contributed by atoms with Crippen LogP contribution in [0.4, 0.5) is 0 Å². The molecule has 2 radical (unpaired) electrons. The van der Waals surface area contributed by atoms with Gasteiger partial charge >= 0.3 is 12.5 Å². The van der Waals surface area contributed by atoms with Crippen LogP contribution in [0.1, 0.15) is 0 Å². The highest BCUT2D eigenvalue weighted by molar-refractivity contribution is 5.84. The van der Waals surface area contributed by atoms with E-state index in [2.05, 4.69) is 5.43 Å². The molecule has 0 bridgehead atoms. The Morgan fingerprint density at radius 3 is 2.33 bits per heavy atom. The first kappa shape index (κ1) is 3.27. The lowest BCUT2D eigenvalue weighted by Crippen LogP contribution is -2.38. The molecule has 0 saturated carbocycles. The maximum absolute atomic E-state index is 9.65. The molecule has 30 valence electrons. The van der Waals surface area contributed by atoms with E-state index in [-0.39, 0.29) is 4.87 Å². The van der Waals surface area contributed by atoms with Crippen molar-refractivity contribution in [2.75, 3.05) is 0 Å². The van der Waals surface area contributed by atoms with Crippen molar-refractivity contribution in [3.63, 3.8) is 0 Å². The van der Waals surface area contributed by atoms with Gasteiger partial charge in [0.05, 0.1) is 10.3 Å². The van der Waals surface area contributed by atoms with Gasteiger partial charge in [-0.2, -0.15) is 0 Å². The Kier molecular flexibility index (Phi) is 0.418. The van der Waals surface area contributed by atoms with Gasteiger partial charge in [0.2, 0.25) is 0 Å². The van der Waals surface area contributed by atoms with Crippen LogP contribution in [0.25, 0.3) is 0 Å². The quantitative estimate of drug-likeness (QED) is 0.354. The van der Waals surface area contributed by atoms with Crippen molar-refractivity contribution in [1.29, 1.82) is 0 Å². The second-order valence-electron chi connectivity index (χ2n) is 0.870. The van der Waals surface area contributed by atoms with Gasteiger partial charge < -0.3 is 0 Å². The number of amides is 1. The van der Waals surface area contributed by atoms with E-state index in [1.54, 1.807) is 0 Å². The molecule has 1 aliphatic rings. The molecule has 0 aliphatic carbocycles. The fraction of sp³-hybridized carbons (Fsp3) is 0. The largest absolute Gasteiger partial charge is 0.399 e. The molecule has 0 aromatic rings. The first-order valence-corrected chi connectivity index (χ1v) is 1.36. The summed E-state index contributed by atoms with van der Waals surface area (Å²) in [6, 6.07) is 0. The van der Waals surface area contributed by atoms with E-state index in [4.69, 9.17) is 0 Å². The van der Waals surface area contributed by atoms with Crippen LogP contribution in [0.3, 0.4) is 0 Å². The van der Waals surface area contributed by atoms with Crippen molar-refractivity contribution < 1.29 is 9.66 Å². The maximum atomic E-state index is 9.65. The van der Waals surface area contributed by atoms with E-state index in [1.807, 2.05) is 0 Å². The molecule has 1 saturated heterocycles. The Morgan fingerprint density at radius 2 is 2.33 bits per heavy atom. The summed E-state index contributed by atoms with van der Waals surface area (Å²) in [5.41, 5.74) is 2.81. The summed E-state index contributed by atoms with van der Waals surface area (Å²) in [7, 11) is 0. The Labute approximate surface area is 33.7 Å². The number of rotatable bonds is 0. The van der Waals surface area contributed by atoms with Gasteiger partial charge in [0, 0.05) is 0 Å². The molecule has 1 fully saturated rings. The van der Waals surface area contributed by atoms with Gasteiger partial charge in [-0.15, -0.1) is 0 Å². The molecule has 0 spiro atoms. The lowest BCUT2D eigenvalue weighted by Gasteiger charge is -1.88. The lowest BCUT2D eigenvalue weighted by molar-refractivity contribution is -0.589. The van der Waals surface area contributed by atoms with Crippen LogP contribution >= 0.6 is 0 Å². The summed E-state index contributed by atoms with van der Waals surface area (Å²) in [4.78, 5) is 19.5. The van der Waals surface area contributed by atoms with Crippen LogP contribution < -0.4 is 5.43 Å². The lowest BCUT2D eigenvalue weighted by atomic mass is 10.6. The van der Waals surface area contributed by atoms with E-state index >= 15 is 0 Å². The zero-order chi connectivity index (χ0) is 4.57. The van der Waals surface area contributed by atoms with Crippen molar-refractivity contribution in [2.24, 2.45) is 0 Å². The summed E-state index contributed by atoms with van der Waals surface area (Å²) >= 11 is 0. The van der Waals surface area contributed by atoms with Gasteiger partial charge in [0.25, 0.3) is 0 Å². The van der Waals surface area contributed by atoms with E-state index in [0.717, 1.165) is 6.54 Å². The summed E-state index contributed by atoms with van der Waals surface area (Å²) < 4.78 is 0. The fourth-order valence-electron chi connectivity index (χ4n) is 0.190. The van der Waals surface area contributed by atoms with Crippen LogP contribution in [0.2, 0.25) is 0 Å². The zero-order valence-electron chi connectivity index (χ0n) is 2.79. The Hall–Kier alpha value is -0.930. The molecule has 6 heavy (non-hydrogen) atoms. The molecule has 0 N–H and O–H groups in total. The molecule has 0 atom stereocenters. The third-order valence-electron chi connectivity index (χ3n) is 0.418. The van der Waals surface area contributed by atoms with Gasteiger partial charge in [0.1, 0.15) is 0 Å². The van der Waals surface area contributed by atoms with Crippen molar-refractivity contribution in [3.05, 3.63) is 11.5 Å². The number of hydrogen-bond donors (Lipinski definition) is 0. The maximum Gasteiger partial charge on any atom is 0.399 e. The number of nitroso groups, excluding NO2 is 1. The average molecular weight is 85.0 g/mol. The molecular formula is C2HN2O2+. The van der Waals surface area contributed by atoms with Gasteiger partial charge in [0.15, 0.2) is 4.87 Å². The number of nitrogens with zero attached hydrogens (tertiary/aromatic N) is 2. The monoisotopic (exact) mass is 85.0 g/mol. The summed E-state index contributed by atoms with van der Waals surface area (Å²) in [6.45, 7) is 0.861. The van der Waals surface area contributed by atoms with Crippen LogP contribution in [-0.4, -0.2) is 10.8 Å². The van der Waals surface area contributed by atoms with Crippen molar-refractivity contribution in [2.45, 2.75) is 0 Å². The highest BCUT2D eigenvalue weighted by Crippen LogP contribution is 1.90. The van der Waals surface area contributed by atoms with E-state index in [9.17, 15) is 9.70 Å². The SMILES string of the molecule is O=C1[CH][N+](=O)[N]1. The molecule has 4 heteroatoms. The van der Waals surface area contributed by atoms with E-state index in [0.29, 0.717) is 0 Å². The predicted molar refractivity (Wildman–Crippen MR) is 15.1 cm³/mol. The predicted octanol–water partition coefficient (Wildman–Crippen LogP) is -1.01. The molecule has 0 aromatic carbocycles. The number of hydrogen-bond acceptors (Lipinski definition) is 2. The van der Waals surface area contributed by atoms with Crippen LogP contribution in [0, 0.1) is 11.5 Å². The summed E-state index contributed by atoms with van der Waals surface area (Å²) in [5.74, 6) is -0.454. The van der Waals surface area contributed by atoms with Gasteiger partial charge in [-0.3, -0.25) is 4.79 Å². The van der Waals surface area contributed by atoms with Gasteiger partial charge in [-0.25, -0.2) is 0 Å². The molecule has 0 aromatic heterocycles. The van der Waals surface area contributed by atoms with Crippen LogP contribution in [-0.2, 0) is 4.79 Å². The van der Waals surface area contributed by atoms with Gasteiger partial charge in [-0.1, -0.05) is 0 Å². The smallest absolute Gasteiger partial charge is 0.257 e. The molecule has 0 unspecified atom stereocenters. The van der Waals surface area contributed by atoms with E-state index < -0.39 is 5.91 Å². The Morgan fingerprint density at radius 1 is 1.83 bits per heavy atom. The third kappa shape index (κ3) is 0.263. The molecule has 1 aliphatic heterocycles. The minimum Gasteiger partial charge on any atom is -0.257 e. The summed E-state index contributed by atoms with van der Waals surface area (Å²) in [5, 5.41) is 0. The number of carbonyl (C=O) groups is 1.